The van der Waals surface area contributed by atoms with Crippen molar-refractivity contribution in [3.8, 4) is 0 Å². The topological polar surface area (TPSA) is 38.8 Å². The molecule has 0 radical (unpaired) electrons. The molecule has 2 unspecified atom stereocenters. The predicted molar refractivity (Wildman–Crippen MR) is 78.5 cm³/mol. The number of Topliss-reactive ketones (excluding diaryl/α,β-unsaturated/α-hetero) is 1. The van der Waals surface area contributed by atoms with E-state index in [1.54, 1.807) is 6.26 Å². The summed E-state index contributed by atoms with van der Waals surface area (Å²) in [6.45, 7) is 7.70. The Labute approximate surface area is 122 Å². The molecule has 4 heteroatoms. The minimum atomic E-state index is -0.656. The number of rotatable bonds is 5. The highest BCUT2D eigenvalue weighted by Crippen LogP contribution is 2.50. The van der Waals surface area contributed by atoms with Gasteiger partial charge in [-0.3, -0.25) is 4.79 Å². The highest BCUT2D eigenvalue weighted by molar-refractivity contribution is 6.03. The summed E-state index contributed by atoms with van der Waals surface area (Å²) in [5.41, 5.74) is -0.114. The lowest BCUT2D eigenvalue weighted by molar-refractivity contribution is -0.207. The molecule has 3 fully saturated rings. The Balaban J connectivity index is 2.01. The SMILES string of the molecule is CN(C)CCCO/C=C1\C(=O)C2(C)CCC1C(C)(C)O2. The third-order valence-corrected chi connectivity index (χ3v) is 4.43. The minimum Gasteiger partial charge on any atom is -0.501 e. The average molecular weight is 281 g/mol. The minimum absolute atomic E-state index is 0.112. The molecule has 2 bridgehead atoms. The first kappa shape index (κ1) is 15.5. The summed E-state index contributed by atoms with van der Waals surface area (Å²) in [7, 11) is 4.09. The van der Waals surface area contributed by atoms with Gasteiger partial charge in [0.2, 0.25) is 0 Å². The van der Waals surface area contributed by atoms with Crippen LogP contribution in [0.25, 0.3) is 0 Å². The molecule has 20 heavy (non-hydrogen) atoms. The maximum Gasteiger partial charge on any atom is 0.193 e. The molecule has 2 saturated heterocycles. The highest BCUT2D eigenvalue weighted by Gasteiger charge is 2.56. The van der Waals surface area contributed by atoms with Crippen molar-refractivity contribution in [1.29, 1.82) is 0 Å². The number of nitrogens with zero attached hydrogens (tertiary/aromatic N) is 1. The molecule has 3 aliphatic rings. The van der Waals surface area contributed by atoms with Gasteiger partial charge < -0.3 is 14.4 Å². The first-order valence-corrected chi connectivity index (χ1v) is 7.48. The molecule has 0 spiro atoms. The molecule has 2 heterocycles. The lowest BCUT2D eigenvalue weighted by Crippen LogP contribution is -2.60. The smallest absolute Gasteiger partial charge is 0.193 e. The van der Waals surface area contributed by atoms with Gasteiger partial charge in [0.25, 0.3) is 0 Å². The Bertz CT molecular complexity index is 414. The van der Waals surface area contributed by atoms with Crippen molar-refractivity contribution in [3.63, 3.8) is 0 Å². The van der Waals surface area contributed by atoms with Gasteiger partial charge in [-0.15, -0.1) is 0 Å². The molecule has 4 nitrogen and oxygen atoms in total. The average Bonchev–Trinajstić information content (AvgIpc) is 2.31. The largest absolute Gasteiger partial charge is 0.501 e. The van der Waals surface area contributed by atoms with Gasteiger partial charge in [0, 0.05) is 18.0 Å². The third-order valence-electron chi connectivity index (χ3n) is 4.43. The van der Waals surface area contributed by atoms with Crippen molar-refractivity contribution in [2.24, 2.45) is 5.92 Å². The van der Waals surface area contributed by atoms with Crippen molar-refractivity contribution in [3.05, 3.63) is 11.8 Å². The summed E-state index contributed by atoms with van der Waals surface area (Å²) in [5.74, 6) is 0.270. The van der Waals surface area contributed by atoms with Crippen LogP contribution in [0.5, 0.6) is 0 Å². The Hall–Kier alpha value is -0.870. The van der Waals surface area contributed by atoms with E-state index in [0.29, 0.717) is 6.61 Å². The first-order chi connectivity index (χ1) is 9.26. The third kappa shape index (κ3) is 2.91. The van der Waals surface area contributed by atoms with Gasteiger partial charge in [-0.05, 0) is 54.1 Å². The van der Waals surface area contributed by atoms with E-state index in [0.717, 1.165) is 31.4 Å². The number of ether oxygens (including phenoxy) is 2. The number of carbonyl (C=O) groups is 1. The molecule has 3 rings (SSSR count). The summed E-state index contributed by atoms with van der Waals surface area (Å²) < 4.78 is 11.6. The van der Waals surface area contributed by atoms with E-state index in [1.807, 2.05) is 21.0 Å². The van der Waals surface area contributed by atoms with Crippen LogP contribution in [0.2, 0.25) is 0 Å². The van der Waals surface area contributed by atoms with E-state index in [-0.39, 0.29) is 17.3 Å². The lowest BCUT2D eigenvalue weighted by Gasteiger charge is -2.53. The molecule has 2 atom stereocenters. The second-order valence-corrected chi connectivity index (χ2v) is 6.96. The van der Waals surface area contributed by atoms with Gasteiger partial charge in [-0.2, -0.15) is 0 Å². The summed E-state index contributed by atoms with van der Waals surface area (Å²) in [5, 5.41) is 0. The van der Waals surface area contributed by atoms with E-state index in [9.17, 15) is 4.79 Å². The molecule has 0 aromatic rings. The molecular weight excluding hydrogens is 254 g/mol. The zero-order chi connectivity index (χ0) is 15.0. The van der Waals surface area contributed by atoms with Crippen LogP contribution < -0.4 is 0 Å². The normalized spacial score (nSPS) is 34.0. The lowest BCUT2D eigenvalue weighted by atomic mass is 9.65. The summed E-state index contributed by atoms with van der Waals surface area (Å²) in [6.07, 6.45) is 4.48. The molecule has 0 aromatic carbocycles. The van der Waals surface area contributed by atoms with Crippen LogP contribution in [0.4, 0.5) is 0 Å². The zero-order valence-corrected chi connectivity index (χ0v) is 13.4. The molecule has 0 N–H and O–H groups in total. The fraction of sp³-hybridized carbons (Fsp3) is 0.812. The van der Waals surface area contributed by atoms with Gasteiger partial charge in [0.1, 0.15) is 5.60 Å². The van der Waals surface area contributed by atoms with Crippen LogP contribution in [-0.4, -0.2) is 49.1 Å². The number of ketones is 1. The Kier molecular flexibility index (Phi) is 4.26. The molecule has 1 saturated carbocycles. The van der Waals surface area contributed by atoms with Crippen LogP contribution in [0.15, 0.2) is 11.8 Å². The molecule has 114 valence electrons. The summed E-state index contributed by atoms with van der Waals surface area (Å²) in [6, 6.07) is 0. The van der Waals surface area contributed by atoms with Crippen LogP contribution in [0, 0.1) is 5.92 Å². The summed E-state index contributed by atoms with van der Waals surface area (Å²) >= 11 is 0. The first-order valence-electron chi connectivity index (χ1n) is 7.48. The predicted octanol–water partition coefficient (Wildman–Crippen LogP) is 2.39. The molecule has 1 aliphatic carbocycles. The maximum atomic E-state index is 12.5. The number of hydrogen-bond donors (Lipinski definition) is 0. The molecule has 0 amide bonds. The quantitative estimate of drug-likeness (QED) is 0.440. The van der Waals surface area contributed by atoms with Crippen LogP contribution in [0.3, 0.4) is 0 Å². The van der Waals surface area contributed by atoms with Gasteiger partial charge in [-0.25, -0.2) is 0 Å². The van der Waals surface area contributed by atoms with Crippen molar-refractivity contribution in [1.82, 2.24) is 4.90 Å². The van der Waals surface area contributed by atoms with Gasteiger partial charge in [0.05, 0.1) is 18.5 Å². The second kappa shape index (κ2) is 5.49. The molecular formula is C16H27NO3. The van der Waals surface area contributed by atoms with Crippen molar-refractivity contribution in [2.75, 3.05) is 27.2 Å². The van der Waals surface area contributed by atoms with Crippen molar-refractivity contribution in [2.45, 2.75) is 51.2 Å². The highest BCUT2D eigenvalue weighted by atomic mass is 16.5. The van der Waals surface area contributed by atoms with Gasteiger partial charge in [0.15, 0.2) is 5.78 Å². The second-order valence-electron chi connectivity index (χ2n) is 6.96. The Morgan fingerprint density at radius 2 is 2.10 bits per heavy atom. The van der Waals surface area contributed by atoms with E-state index in [2.05, 4.69) is 18.7 Å². The van der Waals surface area contributed by atoms with E-state index >= 15 is 0 Å². The maximum absolute atomic E-state index is 12.5. The van der Waals surface area contributed by atoms with E-state index < -0.39 is 5.60 Å². The van der Waals surface area contributed by atoms with Crippen LogP contribution >= 0.6 is 0 Å². The standard InChI is InChI=1S/C16H27NO3/c1-15(2)13-7-8-16(3,20-15)14(18)12(13)11-19-10-6-9-17(4)5/h11,13H,6-10H2,1-5H3/b12-11-. The fourth-order valence-corrected chi connectivity index (χ4v) is 3.37. The number of fused-ring (bicyclic) bond motifs is 3. The van der Waals surface area contributed by atoms with E-state index in [4.69, 9.17) is 9.47 Å². The monoisotopic (exact) mass is 281 g/mol. The van der Waals surface area contributed by atoms with Crippen LogP contribution in [-0.2, 0) is 14.3 Å². The number of hydrogen-bond acceptors (Lipinski definition) is 4. The van der Waals surface area contributed by atoms with E-state index in [1.165, 1.54) is 0 Å². The van der Waals surface area contributed by atoms with Crippen LogP contribution in [0.1, 0.15) is 40.0 Å². The van der Waals surface area contributed by atoms with Crippen molar-refractivity contribution >= 4 is 5.78 Å². The Morgan fingerprint density at radius 1 is 1.40 bits per heavy atom. The summed E-state index contributed by atoms with van der Waals surface area (Å²) in [4.78, 5) is 14.6. The molecule has 2 aliphatic heterocycles. The fourth-order valence-electron chi connectivity index (χ4n) is 3.37. The molecule has 0 aromatic heterocycles. The zero-order valence-electron chi connectivity index (χ0n) is 13.4. The van der Waals surface area contributed by atoms with Gasteiger partial charge in [-0.1, -0.05) is 0 Å². The Morgan fingerprint density at radius 3 is 2.70 bits per heavy atom. The van der Waals surface area contributed by atoms with Gasteiger partial charge >= 0.3 is 0 Å². The van der Waals surface area contributed by atoms with Crippen molar-refractivity contribution < 1.29 is 14.3 Å². The number of carbonyl (C=O) groups excluding carboxylic acids is 1.